The summed E-state index contributed by atoms with van der Waals surface area (Å²) in [6.07, 6.45) is 0. The van der Waals surface area contributed by atoms with Gasteiger partial charge in [0.2, 0.25) is 0 Å². The number of carbonyl (C=O) groups is 2. The number of fused-ring (bicyclic) bond motifs is 1. The van der Waals surface area contributed by atoms with E-state index in [-0.39, 0.29) is 25.3 Å². The number of carbonyl (C=O) groups excluding carboxylic acids is 2. The summed E-state index contributed by atoms with van der Waals surface area (Å²) in [7, 11) is 0. The van der Waals surface area contributed by atoms with Crippen LogP contribution in [0.15, 0.2) is 24.3 Å². The summed E-state index contributed by atoms with van der Waals surface area (Å²) >= 11 is 0. The molecule has 1 aliphatic rings. The molecule has 0 aromatic heterocycles. The summed E-state index contributed by atoms with van der Waals surface area (Å²) in [4.78, 5) is 24.8. The maximum Gasteiger partial charge on any atom is 0.261 e. The molecular formula is C12H15NO2. The summed E-state index contributed by atoms with van der Waals surface area (Å²) in [5.41, 5.74) is 1.04. The van der Waals surface area contributed by atoms with Crippen molar-refractivity contribution < 1.29 is 9.59 Å². The van der Waals surface area contributed by atoms with E-state index >= 15 is 0 Å². The smallest absolute Gasteiger partial charge is 0.261 e. The third-order valence-electron chi connectivity index (χ3n) is 2.34. The molecule has 0 N–H and O–H groups in total. The molecule has 1 heterocycles. The first-order valence-electron chi connectivity index (χ1n) is 4.60. The molecule has 80 valence electrons. The summed E-state index contributed by atoms with van der Waals surface area (Å²) in [6.45, 7) is 3.67. The van der Waals surface area contributed by atoms with Gasteiger partial charge >= 0.3 is 0 Å². The lowest BCUT2D eigenvalue weighted by molar-refractivity contribution is 0.0609. The molecule has 0 saturated carbocycles. The van der Waals surface area contributed by atoms with Crippen molar-refractivity contribution in [3.8, 4) is 0 Å². The largest absolute Gasteiger partial charge is 0.272 e. The van der Waals surface area contributed by atoms with Crippen molar-refractivity contribution in [3.63, 3.8) is 0 Å². The Balaban J connectivity index is 0.00000112. The van der Waals surface area contributed by atoms with Crippen LogP contribution in [-0.4, -0.2) is 22.8 Å². The van der Waals surface area contributed by atoms with Gasteiger partial charge in [0.25, 0.3) is 11.8 Å². The Morgan fingerprint density at radius 3 is 1.73 bits per heavy atom. The Kier molecular flexibility index (Phi) is 2.93. The molecule has 0 atom stereocenters. The van der Waals surface area contributed by atoms with Gasteiger partial charge in [-0.05, 0) is 26.0 Å². The molecule has 0 unspecified atom stereocenters. The van der Waals surface area contributed by atoms with Crippen LogP contribution in [0, 0.1) is 0 Å². The van der Waals surface area contributed by atoms with Crippen molar-refractivity contribution in [1.29, 1.82) is 0 Å². The van der Waals surface area contributed by atoms with Gasteiger partial charge in [0.05, 0.1) is 11.1 Å². The van der Waals surface area contributed by atoms with Crippen LogP contribution < -0.4 is 0 Å². The Labute approximate surface area is 89.7 Å². The predicted molar refractivity (Wildman–Crippen MR) is 58.8 cm³/mol. The van der Waals surface area contributed by atoms with E-state index in [0.29, 0.717) is 11.1 Å². The van der Waals surface area contributed by atoms with Crippen molar-refractivity contribution in [1.82, 2.24) is 4.90 Å². The lowest BCUT2D eigenvalue weighted by Crippen LogP contribution is -2.35. The number of rotatable bonds is 1. The highest BCUT2D eigenvalue weighted by atomic mass is 16.2. The van der Waals surface area contributed by atoms with Crippen molar-refractivity contribution >= 4 is 11.8 Å². The van der Waals surface area contributed by atoms with E-state index in [0.717, 1.165) is 0 Å². The zero-order chi connectivity index (χ0) is 10.3. The number of hydrogen-bond acceptors (Lipinski definition) is 2. The summed E-state index contributed by atoms with van der Waals surface area (Å²) in [5, 5.41) is 0. The lowest BCUT2D eigenvalue weighted by Gasteiger charge is -2.17. The van der Waals surface area contributed by atoms with Crippen LogP contribution in [0.2, 0.25) is 0 Å². The van der Waals surface area contributed by atoms with E-state index in [4.69, 9.17) is 0 Å². The third-order valence-corrected chi connectivity index (χ3v) is 2.34. The van der Waals surface area contributed by atoms with Crippen LogP contribution in [0.1, 0.15) is 42.0 Å². The fourth-order valence-electron chi connectivity index (χ4n) is 1.68. The highest BCUT2D eigenvalue weighted by Crippen LogP contribution is 2.23. The summed E-state index contributed by atoms with van der Waals surface area (Å²) in [5.74, 6) is -0.360. The Morgan fingerprint density at radius 2 is 1.40 bits per heavy atom. The minimum Gasteiger partial charge on any atom is -0.272 e. The van der Waals surface area contributed by atoms with Gasteiger partial charge in [-0.3, -0.25) is 14.5 Å². The van der Waals surface area contributed by atoms with Crippen LogP contribution in [0.25, 0.3) is 0 Å². The lowest BCUT2D eigenvalue weighted by atomic mass is 10.1. The highest BCUT2D eigenvalue weighted by Gasteiger charge is 2.36. The van der Waals surface area contributed by atoms with Gasteiger partial charge in [0.15, 0.2) is 0 Å². The zero-order valence-electron chi connectivity index (χ0n) is 8.15. The van der Waals surface area contributed by atoms with Crippen molar-refractivity contribution in [2.45, 2.75) is 27.3 Å². The number of benzene rings is 1. The molecule has 0 bridgehead atoms. The van der Waals surface area contributed by atoms with E-state index in [9.17, 15) is 9.59 Å². The van der Waals surface area contributed by atoms with Crippen molar-refractivity contribution in [3.05, 3.63) is 35.4 Å². The minimum atomic E-state index is -0.180. The van der Waals surface area contributed by atoms with Crippen LogP contribution in [-0.2, 0) is 0 Å². The molecule has 0 spiro atoms. The molecule has 3 heteroatoms. The summed E-state index contributed by atoms with van der Waals surface area (Å²) < 4.78 is 0. The Morgan fingerprint density at radius 1 is 1.00 bits per heavy atom. The first-order chi connectivity index (χ1) is 6.63. The van der Waals surface area contributed by atoms with Gasteiger partial charge in [0.1, 0.15) is 0 Å². The van der Waals surface area contributed by atoms with Crippen molar-refractivity contribution in [2.24, 2.45) is 0 Å². The molecule has 2 rings (SSSR count). The van der Waals surface area contributed by atoms with E-state index in [1.807, 2.05) is 13.8 Å². The molecule has 15 heavy (non-hydrogen) atoms. The van der Waals surface area contributed by atoms with Gasteiger partial charge in [-0.2, -0.15) is 0 Å². The molecule has 3 nitrogen and oxygen atoms in total. The topological polar surface area (TPSA) is 37.4 Å². The molecule has 0 aliphatic carbocycles. The predicted octanol–water partition coefficient (Wildman–Crippen LogP) is 2.33. The average Bonchev–Trinajstić information content (AvgIpc) is 2.41. The molecular weight excluding hydrogens is 190 g/mol. The Hall–Kier alpha value is -1.64. The van der Waals surface area contributed by atoms with Crippen LogP contribution in [0.5, 0.6) is 0 Å². The SMILES string of the molecule is C.CC(C)N1C(=O)c2ccccc2C1=O. The molecule has 0 fully saturated rings. The van der Waals surface area contributed by atoms with E-state index in [1.165, 1.54) is 4.90 Å². The summed E-state index contributed by atoms with van der Waals surface area (Å²) in [6, 6.07) is 6.85. The number of imide groups is 1. The zero-order valence-corrected chi connectivity index (χ0v) is 8.15. The second-order valence-electron chi connectivity index (χ2n) is 3.62. The fraction of sp³-hybridized carbons (Fsp3) is 0.333. The van der Waals surface area contributed by atoms with Crippen LogP contribution in [0.4, 0.5) is 0 Å². The quantitative estimate of drug-likeness (QED) is 0.660. The molecule has 2 amide bonds. The number of amides is 2. The van der Waals surface area contributed by atoms with Crippen LogP contribution >= 0.6 is 0 Å². The maximum atomic E-state index is 11.8. The monoisotopic (exact) mass is 205 g/mol. The van der Waals surface area contributed by atoms with Gasteiger partial charge in [-0.15, -0.1) is 0 Å². The van der Waals surface area contributed by atoms with Gasteiger partial charge in [-0.1, -0.05) is 19.6 Å². The average molecular weight is 205 g/mol. The van der Waals surface area contributed by atoms with Gasteiger partial charge < -0.3 is 0 Å². The highest BCUT2D eigenvalue weighted by molar-refractivity contribution is 6.21. The second-order valence-corrected chi connectivity index (χ2v) is 3.62. The first kappa shape index (κ1) is 11.4. The minimum absolute atomic E-state index is 0. The molecule has 1 aliphatic heterocycles. The molecule has 0 radical (unpaired) electrons. The van der Waals surface area contributed by atoms with Crippen molar-refractivity contribution in [2.75, 3.05) is 0 Å². The third kappa shape index (κ3) is 1.54. The molecule has 1 aromatic carbocycles. The van der Waals surface area contributed by atoms with Crippen LogP contribution in [0.3, 0.4) is 0 Å². The van der Waals surface area contributed by atoms with E-state index in [2.05, 4.69) is 0 Å². The fourth-order valence-corrected chi connectivity index (χ4v) is 1.68. The van der Waals surface area contributed by atoms with Gasteiger partial charge in [-0.25, -0.2) is 0 Å². The number of hydrogen-bond donors (Lipinski definition) is 0. The normalized spacial score (nSPS) is 14.2. The Bertz CT molecular complexity index is 375. The van der Waals surface area contributed by atoms with E-state index in [1.54, 1.807) is 24.3 Å². The van der Waals surface area contributed by atoms with Gasteiger partial charge in [0, 0.05) is 6.04 Å². The van der Waals surface area contributed by atoms with E-state index < -0.39 is 0 Å². The first-order valence-corrected chi connectivity index (χ1v) is 4.60. The molecule has 0 saturated heterocycles. The molecule has 1 aromatic rings. The standard InChI is InChI=1S/C11H11NO2.CH4/c1-7(2)12-10(13)8-5-3-4-6-9(8)11(12)14;/h3-7H,1-2H3;1H4. The second kappa shape index (κ2) is 3.85. The maximum absolute atomic E-state index is 11.8. The number of nitrogens with zero attached hydrogens (tertiary/aromatic N) is 1.